The molecule has 1 aliphatic heterocycles. The van der Waals surface area contributed by atoms with Crippen LogP contribution in [0.2, 0.25) is 0 Å². The molecule has 3 N–H and O–H groups in total. The highest BCUT2D eigenvalue weighted by molar-refractivity contribution is 14.0. The lowest BCUT2D eigenvalue weighted by molar-refractivity contribution is 0.120. The molecule has 0 amide bonds. The van der Waals surface area contributed by atoms with Crippen LogP contribution >= 0.6 is 24.0 Å². The van der Waals surface area contributed by atoms with Crippen molar-refractivity contribution in [3.63, 3.8) is 0 Å². The maximum absolute atomic E-state index is 9.61. The summed E-state index contributed by atoms with van der Waals surface area (Å²) in [7, 11) is 0. The Kier molecular flexibility index (Phi) is 8.08. The third kappa shape index (κ3) is 5.91. The molecule has 1 aliphatic carbocycles. The van der Waals surface area contributed by atoms with Gasteiger partial charge in [-0.05, 0) is 56.7 Å². The van der Waals surface area contributed by atoms with Gasteiger partial charge in [0.2, 0.25) is 6.79 Å². The molecule has 0 unspecified atom stereocenters. The number of rotatable bonds is 5. The summed E-state index contributed by atoms with van der Waals surface area (Å²) in [5.74, 6) is 2.50. The topological polar surface area (TPSA) is 75.1 Å². The van der Waals surface area contributed by atoms with Gasteiger partial charge in [0.05, 0.1) is 6.10 Å². The highest BCUT2D eigenvalue weighted by Crippen LogP contribution is 2.32. The second-order valence-corrected chi connectivity index (χ2v) is 6.35. The summed E-state index contributed by atoms with van der Waals surface area (Å²) in [6.07, 6.45) is 4.45. The number of guanidine groups is 1. The van der Waals surface area contributed by atoms with Gasteiger partial charge in [0.15, 0.2) is 17.5 Å². The number of hydrogen-bond donors (Lipinski definition) is 3. The quantitative estimate of drug-likeness (QED) is 0.357. The molecule has 1 saturated carbocycles. The zero-order valence-electron chi connectivity index (χ0n) is 14.7. The minimum atomic E-state index is -0.131. The fraction of sp³-hybridized carbons (Fsp3) is 0.611. The molecule has 25 heavy (non-hydrogen) atoms. The summed E-state index contributed by atoms with van der Waals surface area (Å²) in [6, 6.07) is 6.45. The molecule has 0 saturated heterocycles. The molecule has 0 bridgehead atoms. The molecule has 2 aliphatic rings. The molecule has 0 atom stereocenters. The summed E-state index contributed by atoms with van der Waals surface area (Å²) in [6.45, 7) is 3.93. The van der Waals surface area contributed by atoms with Crippen LogP contribution in [0.1, 0.15) is 38.2 Å². The van der Waals surface area contributed by atoms with E-state index in [1.54, 1.807) is 0 Å². The number of benzene rings is 1. The molecule has 7 heteroatoms. The van der Waals surface area contributed by atoms with Gasteiger partial charge in [-0.15, -0.1) is 24.0 Å². The Hall–Kier alpha value is -1.22. The summed E-state index contributed by atoms with van der Waals surface area (Å²) in [5, 5.41) is 16.4. The Labute approximate surface area is 166 Å². The van der Waals surface area contributed by atoms with E-state index in [1.807, 2.05) is 12.1 Å². The van der Waals surface area contributed by atoms with Crippen LogP contribution < -0.4 is 20.1 Å². The van der Waals surface area contributed by atoms with E-state index in [-0.39, 0.29) is 30.1 Å². The van der Waals surface area contributed by atoms with Crippen molar-refractivity contribution >= 4 is 29.9 Å². The fourth-order valence-corrected chi connectivity index (χ4v) is 3.13. The van der Waals surface area contributed by atoms with Crippen molar-refractivity contribution in [3.8, 4) is 11.5 Å². The van der Waals surface area contributed by atoms with Crippen molar-refractivity contribution in [2.45, 2.75) is 51.2 Å². The molecule has 140 valence electrons. The van der Waals surface area contributed by atoms with Crippen LogP contribution in [0.4, 0.5) is 0 Å². The first-order chi connectivity index (χ1) is 11.7. The predicted molar refractivity (Wildman–Crippen MR) is 109 cm³/mol. The number of nitrogens with zero attached hydrogens (tertiary/aromatic N) is 1. The molecule has 1 heterocycles. The van der Waals surface area contributed by atoms with E-state index < -0.39 is 0 Å². The smallest absolute Gasteiger partial charge is 0.231 e. The number of aliphatic hydroxyl groups excluding tert-OH is 1. The summed E-state index contributed by atoms with van der Waals surface area (Å²) >= 11 is 0. The standard InChI is InChI=1S/C18H27N3O3.HI/c1-2-19-18(21-14-4-6-15(22)7-5-14)20-10-9-13-3-8-16-17(11-13)24-12-23-16;/h3,8,11,14-15,22H,2,4-7,9-10,12H2,1H3,(H2,19,20,21);1H. The average molecular weight is 461 g/mol. The second kappa shape index (κ2) is 10.1. The van der Waals surface area contributed by atoms with Crippen LogP contribution in [-0.4, -0.2) is 43.1 Å². The lowest BCUT2D eigenvalue weighted by atomic mass is 9.93. The van der Waals surface area contributed by atoms with Crippen LogP contribution in [0.25, 0.3) is 0 Å². The van der Waals surface area contributed by atoms with Gasteiger partial charge in [0.1, 0.15) is 0 Å². The summed E-state index contributed by atoms with van der Waals surface area (Å²) in [5.41, 5.74) is 1.19. The van der Waals surface area contributed by atoms with E-state index in [1.165, 1.54) is 5.56 Å². The number of hydrogen-bond acceptors (Lipinski definition) is 4. The third-order valence-electron chi connectivity index (χ3n) is 4.49. The fourth-order valence-electron chi connectivity index (χ4n) is 3.13. The molecular formula is C18H28IN3O3. The van der Waals surface area contributed by atoms with Gasteiger partial charge in [0, 0.05) is 19.1 Å². The highest BCUT2D eigenvalue weighted by atomic mass is 127. The van der Waals surface area contributed by atoms with Crippen LogP contribution in [0.5, 0.6) is 11.5 Å². The SMILES string of the molecule is CCNC(=NCCc1ccc2c(c1)OCO2)NC1CCC(O)CC1.I. The first-order valence-electron chi connectivity index (χ1n) is 8.86. The highest BCUT2D eigenvalue weighted by Gasteiger charge is 2.20. The van der Waals surface area contributed by atoms with Gasteiger partial charge >= 0.3 is 0 Å². The van der Waals surface area contributed by atoms with E-state index in [4.69, 9.17) is 9.47 Å². The lowest BCUT2D eigenvalue weighted by Crippen LogP contribution is -2.45. The molecule has 1 aromatic rings. The predicted octanol–water partition coefficient (Wildman–Crippen LogP) is 2.43. The van der Waals surface area contributed by atoms with Crippen molar-refractivity contribution in [2.75, 3.05) is 19.9 Å². The van der Waals surface area contributed by atoms with Crippen molar-refractivity contribution in [1.29, 1.82) is 0 Å². The molecule has 6 nitrogen and oxygen atoms in total. The maximum Gasteiger partial charge on any atom is 0.231 e. The van der Waals surface area contributed by atoms with Crippen LogP contribution in [0, 0.1) is 0 Å². The average Bonchev–Trinajstić information content (AvgIpc) is 3.05. The van der Waals surface area contributed by atoms with Crippen molar-refractivity contribution < 1.29 is 14.6 Å². The minimum absolute atomic E-state index is 0. The number of halogens is 1. The van der Waals surface area contributed by atoms with Gasteiger partial charge in [-0.25, -0.2) is 0 Å². The summed E-state index contributed by atoms with van der Waals surface area (Å²) < 4.78 is 10.7. The molecular weight excluding hydrogens is 433 g/mol. The molecule has 0 spiro atoms. The van der Waals surface area contributed by atoms with E-state index in [2.05, 4.69) is 28.6 Å². The van der Waals surface area contributed by atoms with Crippen molar-refractivity contribution in [2.24, 2.45) is 4.99 Å². The normalized spacial score (nSPS) is 22.2. The minimum Gasteiger partial charge on any atom is -0.454 e. The van der Waals surface area contributed by atoms with Gasteiger partial charge in [-0.1, -0.05) is 6.07 Å². The summed E-state index contributed by atoms with van der Waals surface area (Å²) in [4.78, 5) is 4.68. The van der Waals surface area contributed by atoms with Crippen LogP contribution in [-0.2, 0) is 6.42 Å². The Bertz CT molecular complexity index is 575. The van der Waals surface area contributed by atoms with Crippen LogP contribution in [0.15, 0.2) is 23.2 Å². The van der Waals surface area contributed by atoms with Gasteiger partial charge < -0.3 is 25.2 Å². The van der Waals surface area contributed by atoms with Crippen LogP contribution in [0.3, 0.4) is 0 Å². The van der Waals surface area contributed by atoms with E-state index >= 15 is 0 Å². The number of aliphatic hydroxyl groups is 1. The zero-order chi connectivity index (χ0) is 16.8. The molecule has 1 aromatic carbocycles. The lowest BCUT2D eigenvalue weighted by Gasteiger charge is -2.27. The maximum atomic E-state index is 9.61. The van der Waals surface area contributed by atoms with E-state index in [0.717, 1.165) is 56.1 Å². The van der Waals surface area contributed by atoms with E-state index in [9.17, 15) is 5.11 Å². The molecule has 3 rings (SSSR count). The Morgan fingerprint density at radius 3 is 2.72 bits per heavy atom. The molecule has 0 aromatic heterocycles. The first-order valence-corrected chi connectivity index (χ1v) is 8.86. The van der Waals surface area contributed by atoms with E-state index in [0.29, 0.717) is 19.4 Å². The Morgan fingerprint density at radius 1 is 1.20 bits per heavy atom. The van der Waals surface area contributed by atoms with Crippen molar-refractivity contribution in [3.05, 3.63) is 23.8 Å². The number of fused-ring (bicyclic) bond motifs is 1. The van der Waals surface area contributed by atoms with Gasteiger partial charge in [-0.3, -0.25) is 4.99 Å². The largest absolute Gasteiger partial charge is 0.454 e. The molecule has 0 radical (unpaired) electrons. The third-order valence-corrected chi connectivity index (χ3v) is 4.49. The van der Waals surface area contributed by atoms with Gasteiger partial charge in [0.25, 0.3) is 0 Å². The second-order valence-electron chi connectivity index (χ2n) is 6.35. The first kappa shape index (κ1) is 20.1. The molecule has 1 fully saturated rings. The zero-order valence-corrected chi connectivity index (χ0v) is 17.0. The van der Waals surface area contributed by atoms with Gasteiger partial charge in [-0.2, -0.15) is 0 Å². The monoisotopic (exact) mass is 461 g/mol. The number of nitrogens with one attached hydrogen (secondary N) is 2. The van der Waals surface area contributed by atoms with Crippen molar-refractivity contribution in [1.82, 2.24) is 10.6 Å². The Balaban J connectivity index is 0.00000225. The number of aliphatic imine (C=N–C) groups is 1. The Morgan fingerprint density at radius 2 is 1.96 bits per heavy atom. The number of ether oxygens (including phenoxy) is 2.